The lowest BCUT2D eigenvalue weighted by Gasteiger charge is -2.24. The van der Waals surface area contributed by atoms with E-state index in [0.29, 0.717) is 25.0 Å². The van der Waals surface area contributed by atoms with E-state index in [2.05, 4.69) is 34.5 Å². The number of nitrogens with zero attached hydrogens (tertiary/aromatic N) is 1. The molecule has 3 N–H and O–H groups in total. The van der Waals surface area contributed by atoms with Crippen molar-refractivity contribution in [2.24, 2.45) is 0 Å². The molecular weight excluding hydrogens is 352 g/mol. The summed E-state index contributed by atoms with van der Waals surface area (Å²) in [5.74, 6) is 0.653. The molecule has 0 heterocycles. The van der Waals surface area contributed by atoms with Gasteiger partial charge < -0.3 is 19.8 Å². The van der Waals surface area contributed by atoms with Gasteiger partial charge in [-0.1, -0.05) is 44.2 Å². The lowest BCUT2D eigenvalue weighted by Crippen LogP contribution is -2.41. The Labute approximate surface area is 169 Å². The molecule has 0 aliphatic rings. The van der Waals surface area contributed by atoms with Crippen molar-refractivity contribution in [3.05, 3.63) is 59.7 Å². The van der Waals surface area contributed by atoms with Crippen LogP contribution in [-0.4, -0.2) is 36.8 Å². The van der Waals surface area contributed by atoms with E-state index in [0.717, 1.165) is 17.7 Å². The predicted octanol–water partition coefficient (Wildman–Crippen LogP) is 3.85. The number of benzene rings is 2. The van der Waals surface area contributed by atoms with Gasteiger partial charge in [0.05, 0.1) is 6.10 Å². The summed E-state index contributed by atoms with van der Waals surface area (Å²) in [5.41, 5.74) is 3.14. The van der Waals surface area contributed by atoms with Gasteiger partial charge >= 0.3 is 0 Å². The van der Waals surface area contributed by atoms with E-state index in [1.54, 1.807) is 0 Å². The number of para-hydroxylation sites is 1. The lowest BCUT2D eigenvalue weighted by atomic mass is 10.0. The number of aliphatic hydroxyl groups excluding tert-OH is 2. The van der Waals surface area contributed by atoms with Gasteiger partial charge in [-0.25, -0.2) is 0 Å². The molecule has 0 saturated heterocycles. The summed E-state index contributed by atoms with van der Waals surface area (Å²) >= 11 is 0. The summed E-state index contributed by atoms with van der Waals surface area (Å²) in [6, 6.07) is 16.0. The first kappa shape index (κ1) is 22.2. The Morgan fingerprint density at radius 3 is 2.25 bits per heavy atom. The van der Waals surface area contributed by atoms with Crippen molar-refractivity contribution in [1.82, 2.24) is 5.32 Å². The maximum absolute atomic E-state index is 10.8. The smallest absolute Gasteiger partial charge is 0.151 e. The molecule has 0 spiro atoms. The zero-order chi connectivity index (χ0) is 20.5. The van der Waals surface area contributed by atoms with Gasteiger partial charge in [0.2, 0.25) is 0 Å². The van der Waals surface area contributed by atoms with Gasteiger partial charge in [0.1, 0.15) is 12.0 Å². The minimum absolute atomic E-state index is 0.304. The molecule has 2 rings (SSSR count). The highest BCUT2D eigenvalue weighted by atomic mass is 16.5. The van der Waals surface area contributed by atoms with Gasteiger partial charge in [0.15, 0.2) is 6.23 Å². The van der Waals surface area contributed by atoms with E-state index < -0.39 is 12.3 Å². The molecule has 3 unspecified atom stereocenters. The standard InChI is InChI=1S/C23H34N2O3/c1-5-22(27)24-23(6-2)28-21-10-8-7-9-19(21)20(26)16-13-17-11-14-18(15-12-17)25(3)4/h7-12,14-15,20,22-24,26-27H,5-6,13,16H2,1-4H3. The van der Waals surface area contributed by atoms with Crippen LogP contribution in [0.5, 0.6) is 5.75 Å². The van der Waals surface area contributed by atoms with Crippen molar-refractivity contribution >= 4 is 5.69 Å². The third-order valence-corrected chi connectivity index (χ3v) is 4.84. The fourth-order valence-electron chi connectivity index (χ4n) is 3.00. The molecule has 5 heteroatoms. The van der Waals surface area contributed by atoms with E-state index >= 15 is 0 Å². The van der Waals surface area contributed by atoms with E-state index in [-0.39, 0.29) is 6.23 Å². The van der Waals surface area contributed by atoms with Crippen molar-refractivity contribution in [1.29, 1.82) is 0 Å². The summed E-state index contributed by atoms with van der Waals surface area (Å²) in [5, 5.41) is 23.6. The van der Waals surface area contributed by atoms with Gasteiger partial charge in [0.25, 0.3) is 0 Å². The quantitative estimate of drug-likeness (QED) is 0.512. The molecule has 0 saturated carbocycles. The number of nitrogens with one attached hydrogen (secondary N) is 1. The molecule has 0 aliphatic carbocycles. The number of hydrogen-bond donors (Lipinski definition) is 3. The number of anilines is 1. The van der Waals surface area contributed by atoms with E-state index in [4.69, 9.17) is 4.74 Å². The molecule has 0 aromatic heterocycles. The molecule has 2 aromatic rings. The molecule has 3 atom stereocenters. The van der Waals surface area contributed by atoms with E-state index in [1.165, 1.54) is 5.56 Å². The van der Waals surface area contributed by atoms with Gasteiger partial charge in [-0.15, -0.1) is 0 Å². The van der Waals surface area contributed by atoms with Crippen LogP contribution in [0, 0.1) is 0 Å². The Balaban J connectivity index is 2.01. The third-order valence-electron chi connectivity index (χ3n) is 4.84. The van der Waals surface area contributed by atoms with Gasteiger partial charge in [-0.05, 0) is 49.4 Å². The monoisotopic (exact) mass is 386 g/mol. The zero-order valence-electron chi connectivity index (χ0n) is 17.4. The largest absolute Gasteiger partial charge is 0.475 e. The zero-order valence-corrected chi connectivity index (χ0v) is 17.4. The van der Waals surface area contributed by atoms with E-state index in [9.17, 15) is 10.2 Å². The van der Waals surface area contributed by atoms with Crippen molar-refractivity contribution in [2.75, 3.05) is 19.0 Å². The highest BCUT2D eigenvalue weighted by Crippen LogP contribution is 2.29. The maximum Gasteiger partial charge on any atom is 0.151 e. The van der Waals surface area contributed by atoms with Crippen LogP contribution < -0.4 is 15.0 Å². The summed E-state index contributed by atoms with van der Waals surface area (Å²) in [6.45, 7) is 3.91. The van der Waals surface area contributed by atoms with Crippen molar-refractivity contribution in [2.45, 2.75) is 58.1 Å². The minimum Gasteiger partial charge on any atom is -0.475 e. The van der Waals surface area contributed by atoms with Crippen molar-refractivity contribution in [3.63, 3.8) is 0 Å². The second-order valence-electron chi connectivity index (χ2n) is 7.26. The Morgan fingerprint density at radius 1 is 0.964 bits per heavy atom. The van der Waals surface area contributed by atoms with Crippen LogP contribution in [0.15, 0.2) is 48.5 Å². The molecule has 0 radical (unpaired) electrons. The van der Waals surface area contributed by atoms with Crippen molar-refractivity contribution < 1.29 is 14.9 Å². The van der Waals surface area contributed by atoms with Crippen LogP contribution in [0.2, 0.25) is 0 Å². The summed E-state index contributed by atoms with van der Waals surface area (Å²) in [4.78, 5) is 2.07. The number of ether oxygens (including phenoxy) is 1. The molecule has 0 fully saturated rings. The van der Waals surface area contributed by atoms with Crippen molar-refractivity contribution in [3.8, 4) is 5.75 Å². The van der Waals surface area contributed by atoms with Crippen LogP contribution in [0.1, 0.15) is 50.3 Å². The number of aryl methyl sites for hydroxylation is 1. The fraction of sp³-hybridized carbons (Fsp3) is 0.478. The van der Waals surface area contributed by atoms with Crippen LogP contribution in [-0.2, 0) is 6.42 Å². The SMILES string of the molecule is CCC(O)NC(CC)Oc1ccccc1C(O)CCc1ccc(N(C)C)cc1. The maximum atomic E-state index is 10.8. The Bertz CT molecular complexity index is 703. The van der Waals surface area contributed by atoms with Crippen LogP contribution in [0.25, 0.3) is 0 Å². The number of rotatable bonds is 11. The van der Waals surface area contributed by atoms with E-state index in [1.807, 2.05) is 52.2 Å². The highest BCUT2D eigenvalue weighted by Gasteiger charge is 2.17. The van der Waals surface area contributed by atoms with Gasteiger partial charge in [-0.3, -0.25) is 5.32 Å². The van der Waals surface area contributed by atoms with Gasteiger partial charge in [-0.2, -0.15) is 0 Å². The van der Waals surface area contributed by atoms with Crippen LogP contribution >= 0.6 is 0 Å². The topological polar surface area (TPSA) is 65.0 Å². The molecular formula is C23H34N2O3. The normalized spacial score (nSPS) is 14.4. The first-order valence-electron chi connectivity index (χ1n) is 10.1. The molecule has 0 amide bonds. The first-order chi connectivity index (χ1) is 13.4. The second kappa shape index (κ2) is 11.1. The highest BCUT2D eigenvalue weighted by molar-refractivity contribution is 5.46. The minimum atomic E-state index is -0.613. The molecule has 0 bridgehead atoms. The molecule has 28 heavy (non-hydrogen) atoms. The second-order valence-corrected chi connectivity index (χ2v) is 7.26. The third kappa shape index (κ3) is 6.51. The van der Waals surface area contributed by atoms with Crippen LogP contribution in [0.3, 0.4) is 0 Å². The average Bonchev–Trinajstić information content (AvgIpc) is 2.71. The summed E-state index contributed by atoms with van der Waals surface area (Å²) in [7, 11) is 4.04. The van der Waals surface area contributed by atoms with Gasteiger partial charge in [0, 0.05) is 25.3 Å². The Hall–Kier alpha value is -2.08. The molecule has 154 valence electrons. The fourth-order valence-corrected chi connectivity index (χ4v) is 3.00. The Morgan fingerprint density at radius 2 is 1.64 bits per heavy atom. The number of aliphatic hydroxyl groups is 2. The first-order valence-corrected chi connectivity index (χ1v) is 10.1. The summed E-state index contributed by atoms with van der Waals surface area (Å²) in [6.07, 6.45) is 1.19. The predicted molar refractivity (Wildman–Crippen MR) is 115 cm³/mol. The number of hydrogen-bond acceptors (Lipinski definition) is 5. The summed E-state index contributed by atoms with van der Waals surface area (Å²) < 4.78 is 6.05. The molecule has 0 aliphatic heterocycles. The Kier molecular flexibility index (Phi) is 8.77. The molecule has 2 aromatic carbocycles. The molecule has 5 nitrogen and oxygen atoms in total. The lowest BCUT2D eigenvalue weighted by molar-refractivity contribution is 0.0497. The van der Waals surface area contributed by atoms with Crippen LogP contribution in [0.4, 0.5) is 5.69 Å². The average molecular weight is 387 g/mol.